The van der Waals surface area contributed by atoms with E-state index in [9.17, 15) is 14.7 Å². The van der Waals surface area contributed by atoms with Gasteiger partial charge in [-0.05, 0) is 5.56 Å². The highest BCUT2D eigenvalue weighted by atomic mass is 16.5. The molecule has 1 atom stereocenters. The second-order valence-electron chi connectivity index (χ2n) is 3.11. The summed E-state index contributed by atoms with van der Waals surface area (Å²) in [5, 5.41) is 11.9. The van der Waals surface area contributed by atoms with Crippen molar-refractivity contribution in [2.75, 3.05) is 13.7 Å². The Morgan fingerprint density at radius 1 is 1.38 bits per heavy atom. The summed E-state index contributed by atoms with van der Waals surface area (Å²) in [4.78, 5) is 22.2. The topological polar surface area (TPSA) is 75.6 Å². The molecule has 0 saturated carbocycles. The molecule has 2 N–H and O–H groups in total. The highest BCUT2D eigenvalue weighted by Gasteiger charge is 2.17. The molecule has 0 radical (unpaired) electrons. The summed E-state index contributed by atoms with van der Waals surface area (Å²) in [6.07, 6.45) is -1.27. The number of aliphatic hydroxyl groups is 1. The number of rotatable bonds is 4. The third-order valence-electron chi connectivity index (χ3n) is 2.00. The van der Waals surface area contributed by atoms with Gasteiger partial charge in [0.1, 0.15) is 6.54 Å². The van der Waals surface area contributed by atoms with E-state index in [0.717, 1.165) is 0 Å². The van der Waals surface area contributed by atoms with Crippen molar-refractivity contribution in [3.8, 4) is 0 Å². The van der Waals surface area contributed by atoms with Crippen LogP contribution in [0.5, 0.6) is 0 Å². The number of ether oxygens (including phenoxy) is 1. The lowest BCUT2D eigenvalue weighted by Gasteiger charge is -2.10. The van der Waals surface area contributed by atoms with Gasteiger partial charge in [-0.3, -0.25) is 9.59 Å². The van der Waals surface area contributed by atoms with Crippen molar-refractivity contribution in [3.63, 3.8) is 0 Å². The normalized spacial score (nSPS) is 11.6. The molecule has 0 unspecified atom stereocenters. The fourth-order valence-electron chi connectivity index (χ4n) is 1.11. The molecule has 0 heterocycles. The summed E-state index contributed by atoms with van der Waals surface area (Å²) in [5.74, 6) is -1.19. The zero-order chi connectivity index (χ0) is 12.0. The molecule has 1 aromatic carbocycles. The van der Waals surface area contributed by atoms with E-state index in [1.54, 1.807) is 30.3 Å². The van der Waals surface area contributed by atoms with Gasteiger partial charge in [-0.2, -0.15) is 0 Å². The summed E-state index contributed by atoms with van der Waals surface area (Å²) in [7, 11) is 1.22. The van der Waals surface area contributed by atoms with Crippen LogP contribution in [0.4, 0.5) is 0 Å². The molecule has 0 spiro atoms. The molecule has 5 heteroatoms. The monoisotopic (exact) mass is 223 g/mol. The summed E-state index contributed by atoms with van der Waals surface area (Å²) < 4.78 is 4.35. The number of nitrogens with one attached hydrogen (secondary N) is 1. The van der Waals surface area contributed by atoms with E-state index in [-0.39, 0.29) is 6.54 Å². The van der Waals surface area contributed by atoms with Gasteiger partial charge in [0.15, 0.2) is 6.10 Å². The zero-order valence-corrected chi connectivity index (χ0v) is 8.84. The zero-order valence-electron chi connectivity index (χ0n) is 8.84. The second-order valence-corrected chi connectivity index (χ2v) is 3.11. The van der Waals surface area contributed by atoms with Crippen molar-refractivity contribution in [3.05, 3.63) is 35.9 Å². The summed E-state index contributed by atoms with van der Waals surface area (Å²) >= 11 is 0. The molecule has 1 rings (SSSR count). The first kappa shape index (κ1) is 12.2. The fraction of sp³-hybridized carbons (Fsp3) is 0.273. The molecule has 86 valence electrons. The lowest BCUT2D eigenvalue weighted by atomic mass is 10.1. The molecule has 16 heavy (non-hydrogen) atoms. The van der Waals surface area contributed by atoms with Crippen molar-refractivity contribution >= 4 is 11.9 Å². The predicted molar refractivity (Wildman–Crippen MR) is 56.4 cm³/mol. The van der Waals surface area contributed by atoms with Gasteiger partial charge < -0.3 is 15.2 Å². The quantitative estimate of drug-likeness (QED) is 0.705. The lowest BCUT2D eigenvalue weighted by Crippen LogP contribution is -2.34. The van der Waals surface area contributed by atoms with E-state index in [1.807, 2.05) is 0 Å². The molecule has 1 amide bonds. The second kappa shape index (κ2) is 5.87. The van der Waals surface area contributed by atoms with Crippen molar-refractivity contribution < 1.29 is 19.4 Å². The Bertz CT molecular complexity index is 364. The summed E-state index contributed by atoms with van der Waals surface area (Å²) in [6.45, 7) is -0.251. The van der Waals surface area contributed by atoms with Gasteiger partial charge >= 0.3 is 5.97 Å². The van der Waals surface area contributed by atoms with Gasteiger partial charge in [-0.15, -0.1) is 0 Å². The number of aliphatic hydroxyl groups excluding tert-OH is 1. The molecule has 1 aromatic rings. The van der Waals surface area contributed by atoms with Gasteiger partial charge in [-0.1, -0.05) is 30.3 Å². The summed E-state index contributed by atoms with van der Waals surface area (Å²) in [6, 6.07) is 8.46. The van der Waals surface area contributed by atoms with Gasteiger partial charge in [0.2, 0.25) is 0 Å². The average Bonchev–Trinajstić information content (AvgIpc) is 2.35. The van der Waals surface area contributed by atoms with Crippen molar-refractivity contribution in [1.82, 2.24) is 5.32 Å². The first-order chi connectivity index (χ1) is 7.65. The molecule has 5 nitrogen and oxygen atoms in total. The third-order valence-corrected chi connectivity index (χ3v) is 2.00. The van der Waals surface area contributed by atoms with Crippen molar-refractivity contribution in [2.24, 2.45) is 0 Å². The van der Waals surface area contributed by atoms with Gasteiger partial charge in [0.25, 0.3) is 5.91 Å². The molecule has 0 aliphatic heterocycles. The van der Waals surface area contributed by atoms with Crippen LogP contribution in [0.15, 0.2) is 30.3 Å². The maximum Gasteiger partial charge on any atom is 0.325 e. The molecule has 0 fully saturated rings. The Labute approximate surface area is 93.0 Å². The molecule has 0 aromatic heterocycles. The smallest absolute Gasteiger partial charge is 0.325 e. The lowest BCUT2D eigenvalue weighted by molar-refractivity contribution is -0.142. The van der Waals surface area contributed by atoms with E-state index in [0.29, 0.717) is 5.56 Å². The van der Waals surface area contributed by atoms with Crippen LogP contribution >= 0.6 is 0 Å². The highest BCUT2D eigenvalue weighted by Crippen LogP contribution is 2.11. The van der Waals surface area contributed by atoms with Gasteiger partial charge in [0, 0.05) is 0 Å². The Morgan fingerprint density at radius 2 is 2.00 bits per heavy atom. The molecular formula is C11H13NO4. The third kappa shape index (κ3) is 3.36. The number of esters is 1. The van der Waals surface area contributed by atoms with Crippen LogP contribution in [-0.4, -0.2) is 30.6 Å². The van der Waals surface area contributed by atoms with E-state index in [1.165, 1.54) is 7.11 Å². The number of amides is 1. The van der Waals surface area contributed by atoms with Crippen LogP contribution < -0.4 is 5.32 Å². The van der Waals surface area contributed by atoms with Crippen LogP contribution in [-0.2, 0) is 14.3 Å². The van der Waals surface area contributed by atoms with Gasteiger partial charge in [-0.25, -0.2) is 0 Å². The maximum absolute atomic E-state index is 11.4. The number of methoxy groups -OCH3 is 1. The van der Waals surface area contributed by atoms with Crippen LogP contribution in [0.25, 0.3) is 0 Å². The first-order valence-corrected chi connectivity index (χ1v) is 4.72. The van der Waals surface area contributed by atoms with Crippen LogP contribution in [0.3, 0.4) is 0 Å². The Kier molecular flexibility index (Phi) is 4.47. The van der Waals surface area contributed by atoms with E-state index < -0.39 is 18.0 Å². The molecule has 0 aliphatic rings. The minimum Gasteiger partial charge on any atom is -0.468 e. The van der Waals surface area contributed by atoms with Crippen molar-refractivity contribution in [2.45, 2.75) is 6.10 Å². The predicted octanol–water partition coefficient (Wildman–Crippen LogP) is 0.00920. The Morgan fingerprint density at radius 3 is 2.56 bits per heavy atom. The number of hydrogen-bond acceptors (Lipinski definition) is 4. The molecule has 0 saturated heterocycles. The average molecular weight is 223 g/mol. The highest BCUT2D eigenvalue weighted by molar-refractivity contribution is 5.85. The minimum absolute atomic E-state index is 0.251. The largest absolute Gasteiger partial charge is 0.468 e. The maximum atomic E-state index is 11.4. The number of hydrogen-bond donors (Lipinski definition) is 2. The minimum atomic E-state index is -1.27. The summed E-state index contributed by atoms with van der Waals surface area (Å²) in [5.41, 5.74) is 0.477. The van der Waals surface area contributed by atoms with Crippen LogP contribution in [0.2, 0.25) is 0 Å². The fourth-order valence-corrected chi connectivity index (χ4v) is 1.11. The standard InChI is InChI=1S/C11H13NO4/c1-16-9(13)7-12-11(15)10(14)8-5-3-2-4-6-8/h2-6,10,14H,7H2,1H3,(H,12,15)/t10-/m0/s1. The molecule has 0 bridgehead atoms. The Balaban J connectivity index is 2.52. The first-order valence-electron chi connectivity index (χ1n) is 4.72. The van der Waals surface area contributed by atoms with Crippen molar-refractivity contribution in [1.29, 1.82) is 0 Å². The molecular weight excluding hydrogens is 210 g/mol. The SMILES string of the molecule is COC(=O)CNC(=O)[C@@H](O)c1ccccc1. The van der Waals surface area contributed by atoms with E-state index >= 15 is 0 Å². The van der Waals surface area contributed by atoms with E-state index in [4.69, 9.17) is 0 Å². The number of benzene rings is 1. The molecule has 0 aliphatic carbocycles. The van der Waals surface area contributed by atoms with Crippen LogP contribution in [0, 0.1) is 0 Å². The number of carbonyl (C=O) groups is 2. The van der Waals surface area contributed by atoms with Crippen LogP contribution in [0.1, 0.15) is 11.7 Å². The van der Waals surface area contributed by atoms with E-state index in [2.05, 4.69) is 10.1 Å². The van der Waals surface area contributed by atoms with Gasteiger partial charge in [0.05, 0.1) is 7.11 Å². The number of carbonyl (C=O) groups excluding carboxylic acids is 2. The Hall–Kier alpha value is -1.88.